The molecule has 116 valence electrons. The lowest BCUT2D eigenvalue weighted by atomic mass is 10.1. The molecule has 0 amide bonds. The number of ketones is 1. The fourth-order valence-corrected chi connectivity index (χ4v) is 2.20. The smallest absolute Gasteiger partial charge is 0.203 e. The van der Waals surface area contributed by atoms with E-state index in [9.17, 15) is 4.79 Å². The zero-order chi connectivity index (χ0) is 15.9. The van der Waals surface area contributed by atoms with Crippen molar-refractivity contribution in [1.82, 2.24) is 0 Å². The lowest BCUT2D eigenvalue weighted by Gasteiger charge is -2.15. The SMILES string of the molecule is CCCC(=O)c1ccccc1Oc1cccc(OC)c1OC. The first-order valence-corrected chi connectivity index (χ1v) is 7.22. The van der Waals surface area contributed by atoms with Crippen LogP contribution in [0.5, 0.6) is 23.0 Å². The fourth-order valence-electron chi connectivity index (χ4n) is 2.20. The average Bonchev–Trinajstić information content (AvgIpc) is 2.55. The van der Waals surface area contributed by atoms with Crippen molar-refractivity contribution in [3.05, 3.63) is 48.0 Å². The van der Waals surface area contributed by atoms with Gasteiger partial charge in [0.1, 0.15) is 5.75 Å². The summed E-state index contributed by atoms with van der Waals surface area (Å²) in [4.78, 5) is 12.2. The maximum atomic E-state index is 12.2. The second-order valence-corrected chi connectivity index (χ2v) is 4.76. The van der Waals surface area contributed by atoms with Gasteiger partial charge >= 0.3 is 0 Å². The van der Waals surface area contributed by atoms with Gasteiger partial charge in [0.05, 0.1) is 19.8 Å². The fraction of sp³-hybridized carbons (Fsp3) is 0.278. The molecule has 2 aromatic carbocycles. The van der Waals surface area contributed by atoms with Crippen LogP contribution in [0.25, 0.3) is 0 Å². The monoisotopic (exact) mass is 300 g/mol. The van der Waals surface area contributed by atoms with Gasteiger partial charge in [-0.15, -0.1) is 0 Å². The summed E-state index contributed by atoms with van der Waals surface area (Å²) in [7, 11) is 3.12. The summed E-state index contributed by atoms with van der Waals surface area (Å²) in [6.45, 7) is 1.98. The molecule has 2 rings (SSSR count). The van der Waals surface area contributed by atoms with Crippen LogP contribution < -0.4 is 14.2 Å². The van der Waals surface area contributed by atoms with Crippen LogP contribution >= 0.6 is 0 Å². The maximum absolute atomic E-state index is 12.2. The highest BCUT2D eigenvalue weighted by molar-refractivity contribution is 5.98. The highest BCUT2D eigenvalue weighted by atomic mass is 16.5. The quantitative estimate of drug-likeness (QED) is 0.707. The normalized spacial score (nSPS) is 10.1. The predicted octanol–water partition coefficient (Wildman–Crippen LogP) is 4.48. The van der Waals surface area contributed by atoms with Gasteiger partial charge in [-0.1, -0.05) is 25.1 Å². The van der Waals surface area contributed by atoms with Crippen molar-refractivity contribution < 1.29 is 19.0 Å². The van der Waals surface area contributed by atoms with Gasteiger partial charge in [-0.2, -0.15) is 0 Å². The van der Waals surface area contributed by atoms with E-state index in [-0.39, 0.29) is 5.78 Å². The molecule has 0 atom stereocenters. The Morgan fingerprint density at radius 2 is 1.59 bits per heavy atom. The second-order valence-electron chi connectivity index (χ2n) is 4.76. The molecular weight excluding hydrogens is 280 g/mol. The number of hydrogen-bond acceptors (Lipinski definition) is 4. The topological polar surface area (TPSA) is 44.8 Å². The number of carbonyl (C=O) groups is 1. The van der Waals surface area contributed by atoms with E-state index in [0.29, 0.717) is 35.0 Å². The first-order chi connectivity index (χ1) is 10.7. The molecule has 0 N–H and O–H groups in total. The third-order valence-corrected chi connectivity index (χ3v) is 3.25. The number of Topliss-reactive ketones (excluding diaryl/α,β-unsaturated/α-hetero) is 1. The molecule has 4 heteroatoms. The number of hydrogen-bond donors (Lipinski definition) is 0. The van der Waals surface area contributed by atoms with Crippen molar-refractivity contribution in [3.8, 4) is 23.0 Å². The predicted molar refractivity (Wildman–Crippen MR) is 85.3 cm³/mol. The molecule has 0 aliphatic carbocycles. The van der Waals surface area contributed by atoms with Crippen LogP contribution in [0.1, 0.15) is 30.1 Å². The third-order valence-electron chi connectivity index (χ3n) is 3.25. The molecule has 0 radical (unpaired) electrons. The summed E-state index contributed by atoms with van der Waals surface area (Å²) in [5.41, 5.74) is 0.578. The number of methoxy groups -OCH3 is 2. The lowest BCUT2D eigenvalue weighted by molar-refractivity contribution is 0.0979. The molecule has 4 nitrogen and oxygen atoms in total. The van der Waals surface area contributed by atoms with Crippen molar-refractivity contribution in [2.75, 3.05) is 14.2 Å². The Bertz CT molecular complexity index is 649. The number of carbonyl (C=O) groups excluding carboxylic acids is 1. The van der Waals surface area contributed by atoms with Gasteiger partial charge in [-0.3, -0.25) is 4.79 Å². The minimum atomic E-state index is 0.0694. The lowest BCUT2D eigenvalue weighted by Crippen LogP contribution is -2.02. The molecule has 0 saturated heterocycles. The molecule has 0 aliphatic rings. The van der Waals surface area contributed by atoms with E-state index < -0.39 is 0 Å². The van der Waals surface area contributed by atoms with Crippen LogP contribution in [0.2, 0.25) is 0 Å². The zero-order valence-electron chi connectivity index (χ0n) is 13.1. The van der Waals surface area contributed by atoms with Gasteiger partial charge in [0, 0.05) is 6.42 Å². The minimum Gasteiger partial charge on any atom is -0.493 e. The summed E-state index contributed by atoms with van der Waals surface area (Å²) in [5, 5.41) is 0. The molecule has 0 fully saturated rings. The average molecular weight is 300 g/mol. The number of rotatable bonds is 7. The number of para-hydroxylation sites is 2. The highest BCUT2D eigenvalue weighted by Crippen LogP contribution is 2.39. The van der Waals surface area contributed by atoms with Crippen molar-refractivity contribution in [1.29, 1.82) is 0 Å². The van der Waals surface area contributed by atoms with Crippen LogP contribution in [-0.4, -0.2) is 20.0 Å². The Morgan fingerprint density at radius 1 is 0.909 bits per heavy atom. The highest BCUT2D eigenvalue weighted by Gasteiger charge is 2.16. The van der Waals surface area contributed by atoms with Crippen LogP contribution in [0.15, 0.2) is 42.5 Å². The molecule has 0 bridgehead atoms. The Labute approximate surface area is 130 Å². The van der Waals surface area contributed by atoms with Crippen LogP contribution in [0.4, 0.5) is 0 Å². The van der Waals surface area contributed by atoms with E-state index in [1.54, 1.807) is 38.5 Å². The Kier molecular flexibility index (Phi) is 5.42. The van der Waals surface area contributed by atoms with Crippen molar-refractivity contribution in [3.63, 3.8) is 0 Å². The molecule has 22 heavy (non-hydrogen) atoms. The molecular formula is C18H20O4. The van der Waals surface area contributed by atoms with Gasteiger partial charge in [0.2, 0.25) is 5.75 Å². The van der Waals surface area contributed by atoms with Crippen LogP contribution in [0.3, 0.4) is 0 Å². The molecule has 0 unspecified atom stereocenters. The maximum Gasteiger partial charge on any atom is 0.203 e. The van der Waals surface area contributed by atoms with Crippen molar-refractivity contribution in [2.45, 2.75) is 19.8 Å². The van der Waals surface area contributed by atoms with E-state index in [2.05, 4.69) is 0 Å². The summed E-state index contributed by atoms with van der Waals surface area (Å²) in [5.74, 6) is 2.19. The van der Waals surface area contributed by atoms with Crippen LogP contribution in [0, 0.1) is 0 Å². The molecule has 0 spiro atoms. The standard InChI is InChI=1S/C18H20O4/c1-4-8-14(19)13-9-5-6-10-15(13)22-17-12-7-11-16(20-2)18(17)21-3/h5-7,9-12H,4,8H2,1-3H3. The van der Waals surface area contributed by atoms with Gasteiger partial charge in [-0.05, 0) is 30.7 Å². The molecule has 0 heterocycles. The zero-order valence-corrected chi connectivity index (χ0v) is 13.1. The molecule has 0 saturated carbocycles. The van der Waals surface area contributed by atoms with E-state index in [1.807, 2.05) is 25.1 Å². The Balaban J connectivity index is 2.38. The van der Waals surface area contributed by atoms with E-state index in [4.69, 9.17) is 14.2 Å². The van der Waals surface area contributed by atoms with Crippen LogP contribution in [-0.2, 0) is 0 Å². The van der Waals surface area contributed by atoms with E-state index in [0.717, 1.165) is 6.42 Å². The van der Waals surface area contributed by atoms with E-state index in [1.165, 1.54) is 0 Å². The van der Waals surface area contributed by atoms with E-state index >= 15 is 0 Å². The summed E-state index contributed by atoms with van der Waals surface area (Å²) in [6.07, 6.45) is 1.30. The van der Waals surface area contributed by atoms with Gasteiger partial charge in [0.25, 0.3) is 0 Å². The minimum absolute atomic E-state index is 0.0694. The largest absolute Gasteiger partial charge is 0.493 e. The molecule has 0 aliphatic heterocycles. The van der Waals surface area contributed by atoms with Gasteiger partial charge < -0.3 is 14.2 Å². The molecule has 0 aromatic heterocycles. The number of ether oxygens (including phenoxy) is 3. The second kappa shape index (κ2) is 7.50. The van der Waals surface area contributed by atoms with Gasteiger partial charge in [-0.25, -0.2) is 0 Å². The Hall–Kier alpha value is -2.49. The first-order valence-electron chi connectivity index (χ1n) is 7.22. The summed E-state index contributed by atoms with van der Waals surface area (Å²) in [6, 6.07) is 12.6. The Morgan fingerprint density at radius 3 is 2.27 bits per heavy atom. The first kappa shape index (κ1) is 15.9. The number of benzene rings is 2. The summed E-state index contributed by atoms with van der Waals surface area (Å²) >= 11 is 0. The summed E-state index contributed by atoms with van der Waals surface area (Å²) < 4.78 is 16.5. The molecule has 2 aromatic rings. The van der Waals surface area contributed by atoms with Crippen molar-refractivity contribution in [2.24, 2.45) is 0 Å². The van der Waals surface area contributed by atoms with Gasteiger partial charge in [0.15, 0.2) is 17.3 Å². The third kappa shape index (κ3) is 3.39. The van der Waals surface area contributed by atoms with Crippen molar-refractivity contribution >= 4 is 5.78 Å².